The van der Waals surface area contributed by atoms with Crippen molar-refractivity contribution in [3.8, 4) is 11.5 Å². The van der Waals surface area contributed by atoms with E-state index in [9.17, 15) is 0 Å². The lowest BCUT2D eigenvalue weighted by molar-refractivity contribution is 0.254. The molecule has 3 unspecified atom stereocenters. The number of hydrogen-bond donors (Lipinski definition) is 1. The van der Waals surface area contributed by atoms with Crippen molar-refractivity contribution in [2.45, 2.75) is 44.8 Å². The van der Waals surface area contributed by atoms with Crippen LogP contribution in [0.2, 0.25) is 0 Å². The van der Waals surface area contributed by atoms with Crippen LogP contribution in [0.5, 0.6) is 11.5 Å². The predicted molar refractivity (Wildman–Crippen MR) is 90.6 cm³/mol. The Labute approximate surface area is 137 Å². The number of likely N-dealkylation sites (N-methyl/N-ethyl adjacent to an activating group) is 1. The van der Waals surface area contributed by atoms with Crippen LogP contribution in [0.4, 0.5) is 0 Å². The summed E-state index contributed by atoms with van der Waals surface area (Å²) in [4.78, 5) is 6.71. The molecule has 1 aliphatic carbocycles. The highest BCUT2D eigenvalue weighted by molar-refractivity contribution is 5.82. The molecule has 124 valence electrons. The molecule has 0 radical (unpaired) electrons. The van der Waals surface area contributed by atoms with Crippen molar-refractivity contribution >= 4 is 5.96 Å². The zero-order valence-electron chi connectivity index (χ0n) is 14.1. The molecule has 0 bridgehead atoms. The van der Waals surface area contributed by atoms with Crippen LogP contribution in [0.3, 0.4) is 0 Å². The van der Waals surface area contributed by atoms with E-state index in [-0.39, 0.29) is 6.10 Å². The average Bonchev–Trinajstić information content (AvgIpc) is 3.00. The summed E-state index contributed by atoms with van der Waals surface area (Å²) >= 11 is 0. The van der Waals surface area contributed by atoms with E-state index in [1.54, 1.807) is 0 Å². The summed E-state index contributed by atoms with van der Waals surface area (Å²) in [5, 5.41) is 3.58. The third-order valence-corrected chi connectivity index (χ3v) is 4.89. The van der Waals surface area contributed by atoms with E-state index in [1.807, 2.05) is 6.92 Å². The molecule has 23 heavy (non-hydrogen) atoms. The molecule has 3 atom stereocenters. The van der Waals surface area contributed by atoms with Gasteiger partial charge in [-0.3, -0.25) is 4.99 Å². The van der Waals surface area contributed by atoms with Gasteiger partial charge in [-0.1, -0.05) is 0 Å². The molecule has 4 rings (SSSR count). The Morgan fingerprint density at radius 1 is 1.43 bits per heavy atom. The molecule has 1 fully saturated rings. The highest BCUT2D eigenvalue weighted by atomic mass is 16.5. The van der Waals surface area contributed by atoms with E-state index >= 15 is 0 Å². The molecular formula is C18H25N3O2. The number of guanidine groups is 1. The molecule has 0 spiro atoms. The molecule has 2 heterocycles. The highest BCUT2D eigenvalue weighted by Crippen LogP contribution is 2.48. The molecule has 1 aromatic rings. The topological polar surface area (TPSA) is 46.1 Å². The number of fused-ring (bicyclic) bond motifs is 1. The van der Waals surface area contributed by atoms with Crippen LogP contribution in [-0.2, 0) is 6.42 Å². The van der Waals surface area contributed by atoms with Gasteiger partial charge in [0.2, 0.25) is 0 Å². The monoisotopic (exact) mass is 315 g/mol. The standard InChI is InChI=1S/C18H25N3O2/c1-4-22-17-8-12-7-11(2)23-16(12)10-14(17)13-9-15(13)20-18-19-5-6-21(18)3/h8,10-11,13,15H,4-7,9H2,1-3H3,(H,19,20). The maximum Gasteiger partial charge on any atom is 0.194 e. The summed E-state index contributed by atoms with van der Waals surface area (Å²) in [7, 11) is 2.09. The second-order valence-electron chi connectivity index (χ2n) is 6.78. The minimum Gasteiger partial charge on any atom is -0.494 e. The van der Waals surface area contributed by atoms with E-state index < -0.39 is 0 Å². The second kappa shape index (κ2) is 5.62. The lowest BCUT2D eigenvalue weighted by Gasteiger charge is -2.16. The summed E-state index contributed by atoms with van der Waals surface area (Å²) in [6.45, 7) is 6.76. The third-order valence-electron chi connectivity index (χ3n) is 4.89. The maximum atomic E-state index is 5.94. The quantitative estimate of drug-likeness (QED) is 0.925. The van der Waals surface area contributed by atoms with Gasteiger partial charge >= 0.3 is 0 Å². The van der Waals surface area contributed by atoms with Crippen LogP contribution < -0.4 is 14.8 Å². The predicted octanol–water partition coefficient (Wildman–Crippen LogP) is 2.16. The molecule has 1 aromatic carbocycles. The first kappa shape index (κ1) is 14.7. The minimum atomic E-state index is 0.268. The van der Waals surface area contributed by atoms with Crippen LogP contribution in [0, 0.1) is 0 Å². The maximum absolute atomic E-state index is 5.94. The summed E-state index contributed by atoms with van der Waals surface area (Å²) < 4.78 is 11.9. The van der Waals surface area contributed by atoms with Crippen molar-refractivity contribution in [3.63, 3.8) is 0 Å². The van der Waals surface area contributed by atoms with Gasteiger partial charge in [0.1, 0.15) is 17.6 Å². The molecule has 0 amide bonds. The Morgan fingerprint density at radius 3 is 3.04 bits per heavy atom. The summed E-state index contributed by atoms with van der Waals surface area (Å²) in [6, 6.07) is 4.84. The van der Waals surface area contributed by atoms with Gasteiger partial charge in [0, 0.05) is 43.1 Å². The third kappa shape index (κ3) is 2.73. The van der Waals surface area contributed by atoms with E-state index in [0.29, 0.717) is 18.6 Å². The zero-order chi connectivity index (χ0) is 16.0. The van der Waals surface area contributed by atoms with Crippen molar-refractivity contribution in [2.75, 3.05) is 26.7 Å². The smallest absolute Gasteiger partial charge is 0.194 e. The molecule has 0 aromatic heterocycles. The number of nitrogens with zero attached hydrogens (tertiary/aromatic N) is 2. The summed E-state index contributed by atoms with van der Waals surface area (Å²) in [5.41, 5.74) is 2.55. The van der Waals surface area contributed by atoms with Crippen molar-refractivity contribution in [1.82, 2.24) is 10.2 Å². The molecule has 3 aliphatic rings. The average molecular weight is 315 g/mol. The number of ether oxygens (including phenoxy) is 2. The number of benzene rings is 1. The van der Waals surface area contributed by atoms with Gasteiger partial charge in [0.05, 0.1) is 13.2 Å². The van der Waals surface area contributed by atoms with Gasteiger partial charge in [-0.25, -0.2) is 0 Å². The van der Waals surface area contributed by atoms with Crippen LogP contribution in [0.25, 0.3) is 0 Å². The van der Waals surface area contributed by atoms with E-state index in [0.717, 1.165) is 43.4 Å². The molecule has 1 saturated carbocycles. The van der Waals surface area contributed by atoms with Crippen molar-refractivity contribution in [2.24, 2.45) is 4.99 Å². The zero-order valence-corrected chi connectivity index (χ0v) is 14.1. The Balaban J connectivity index is 1.54. The van der Waals surface area contributed by atoms with Crippen LogP contribution >= 0.6 is 0 Å². The first-order chi connectivity index (χ1) is 11.2. The van der Waals surface area contributed by atoms with Gasteiger partial charge in [0.15, 0.2) is 5.96 Å². The fraction of sp³-hybridized carbons (Fsp3) is 0.611. The van der Waals surface area contributed by atoms with Crippen molar-refractivity contribution < 1.29 is 9.47 Å². The number of hydrogen-bond acceptors (Lipinski definition) is 5. The number of nitrogens with one attached hydrogen (secondary N) is 1. The molecule has 2 aliphatic heterocycles. The largest absolute Gasteiger partial charge is 0.494 e. The van der Waals surface area contributed by atoms with Crippen LogP contribution in [0.1, 0.15) is 37.3 Å². The van der Waals surface area contributed by atoms with Gasteiger partial charge in [-0.15, -0.1) is 0 Å². The van der Waals surface area contributed by atoms with Crippen molar-refractivity contribution in [3.05, 3.63) is 23.3 Å². The van der Waals surface area contributed by atoms with Crippen LogP contribution in [-0.4, -0.2) is 49.7 Å². The van der Waals surface area contributed by atoms with Gasteiger partial charge in [0.25, 0.3) is 0 Å². The first-order valence-electron chi connectivity index (χ1n) is 8.64. The van der Waals surface area contributed by atoms with E-state index in [4.69, 9.17) is 9.47 Å². The van der Waals surface area contributed by atoms with Gasteiger partial charge < -0.3 is 19.7 Å². The van der Waals surface area contributed by atoms with Crippen molar-refractivity contribution in [1.29, 1.82) is 0 Å². The Hall–Kier alpha value is -1.91. The number of aliphatic imine (C=N–C) groups is 1. The molecule has 5 heteroatoms. The summed E-state index contributed by atoms with van der Waals surface area (Å²) in [5.74, 6) is 3.58. The first-order valence-corrected chi connectivity index (χ1v) is 8.64. The van der Waals surface area contributed by atoms with Gasteiger partial charge in [-0.2, -0.15) is 0 Å². The van der Waals surface area contributed by atoms with Crippen LogP contribution in [0.15, 0.2) is 17.1 Å². The highest BCUT2D eigenvalue weighted by Gasteiger charge is 2.42. The fourth-order valence-corrected chi connectivity index (χ4v) is 3.58. The molecule has 0 saturated heterocycles. The molecule has 1 N–H and O–H groups in total. The Kier molecular flexibility index (Phi) is 3.58. The Bertz CT molecular complexity index is 643. The summed E-state index contributed by atoms with van der Waals surface area (Å²) in [6.07, 6.45) is 2.37. The molecule has 5 nitrogen and oxygen atoms in total. The minimum absolute atomic E-state index is 0.268. The molecular weight excluding hydrogens is 290 g/mol. The normalized spacial score (nSPS) is 28.2. The SMILES string of the molecule is CCOc1cc2c(cc1C1CC1NC1=NCCN1C)OC(C)C2. The number of rotatable bonds is 4. The van der Waals surface area contributed by atoms with E-state index in [1.165, 1.54) is 11.1 Å². The fourth-order valence-electron chi connectivity index (χ4n) is 3.58. The Morgan fingerprint density at radius 2 is 2.30 bits per heavy atom. The van der Waals surface area contributed by atoms with Gasteiger partial charge in [-0.05, 0) is 32.4 Å². The lowest BCUT2D eigenvalue weighted by Crippen LogP contribution is -2.37. The lowest BCUT2D eigenvalue weighted by atomic mass is 10.0. The van der Waals surface area contributed by atoms with E-state index in [2.05, 4.69) is 41.3 Å². The second-order valence-corrected chi connectivity index (χ2v) is 6.78.